The van der Waals surface area contributed by atoms with E-state index in [1.165, 1.54) is 12.1 Å². The van der Waals surface area contributed by atoms with Crippen molar-refractivity contribution in [2.75, 3.05) is 32.8 Å². The molecule has 0 unspecified atom stereocenters. The van der Waals surface area contributed by atoms with Gasteiger partial charge < -0.3 is 14.5 Å². The van der Waals surface area contributed by atoms with Gasteiger partial charge in [-0.15, -0.1) is 0 Å². The monoisotopic (exact) mass is 434 g/mol. The minimum atomic E-state index is -0.513. The molecule has 0 spiro atoms. The summed E-state index contributed by atoms with van der Waals surface area (Å²) in [5.41, 5.74) is 0.0814. The van der Waals surface area contributed by atoms with E-state index in [0.29, 0.717) is 52.0 Å². The number of hydrogen-bond acceptors (Lipinski definition) is 3. The van der Waals surface area contributed by atoms with Gasteiger partial charge in [-0.2, -0.15) is 0 Å². The van der Waals surface area contributed by atoms with E-state index in [1.54, 1.807) is 21.9 Å². The number of benzene rings is 3. The van der Waals surface area contributed by atoms with Crippen LogP contribution in [0.15, 0.2) is 66.7 Å². The summed E-state index contributed by atoms with van der Waals surface area (Å²) in [4.78, 5) is 28.8. The Morgan fingerprint density at radius 1 is 0.844 bits per heavy atom. The Balaban J connectivity index is 1.25. The Bertz CT molecular complexity index is 1100. The molecule has 6 heteroatoms. The molecule has 0 bridgehead atoms. The zero-order valence-electron chi connectivity index (χ0n) is 18.0. The highest BCUT2D eigenvalue weighted by molar-refractivity contribution is 5.94. The minimum absolute atomic E-state index is 0.0618. The molecular weight excluding hydrogens is 407 g/mol. The maximum absolute atomic E-state index is 14.0. The third kappa shape index (κ3) is 5.07. The lowest BCUT2D eigenvalue weighted by Gasteiger charge is -2.22. The predicted octanol–water partition coefficient (Wildman–Crippen LogP) is 4.51. The summed E-state index contributed by atoms with van der Waals surface area (Å²) in [5.74, 6) is 0.0566. The smallest absolute Gasteiger partial charge is 0.256 e. The summed E-state index contributed by atoms with van der Waals surface area (Å²) in [5, 5.41) is 2.19. The number of amides is 2. The molecule has 2 amide bonds. The van der Waals surface area contributed by atoms with Gasteiger partial charge in [0.2, 0.25) is 5.91 Å². The lowest BCUT2D eigenvalue weighted by atomic mass is 10.1. The van der Waals surface area contributed by atoms with E-state index in [1.807, 2.05) is 42.5 Å². The van der Waals surface area contributed by atoms with Gasteiger partial charge in [0.25, 0.3) is 5.91 Å². The minimum Gasteiger partial charge on any atom is -0.493 e. The van der Waals surface area contributed by atoms with Gasteiger partial charge in [0.1, 0.15) is 11.6 Å². The van der Waals surface area contributed by atoms with Crippen LogP contribution in [0.2, 0.25) is 0 Å². The number of hydrogen-bond donors (Lipinski definition) is 0. The number of halogens is 1. The van der Waals surface area contributed by atoms with Crippen LogP contribution in [0.3, 0.4) is 0 Å². The second-order valence-electron chi connectivity index (χ2n) is 7.94. The summed E-state index contributed by atoms with van der Waals surface area (Å²) in [7, 11) is 0. The zero-order valence-corrected chi connectivity index (χ0v) is 18.0. The maximum Gasteiger partial charge on any atom is 0.256 e. The van der Waals surface area contributed by atoms with Gasteiger partial charge in [0.05, 0.1) is 12.2 Å². The van der Waals surface area contributed by atoms with Crippen molar-refractivity contribution in [2.45, 2.75) is 19.3 Å². The van der Waals surface area contributed by atoms with Crippen LogP contribution in [0.4, 0.5) is 4.39 Å². The summed E-state index contributed by atoms with van der Waals surface area (Å²) in [6, 6.07) is 20.0. The molecule has 1 fully saturated rings. The standard InChI is InChI=1S/C26H27FN2O3/c27-23-12-4-3-11-22(23)26(31)29-16-7-15-28(17-18-29)25(30)14-6-19-32-24-13-5-9-20-8-1-2-10-21(20)24/h1-5,8-13H,6-7,14-19H2. The summed E-state index contributed by atoms with van der Waals surface area (Å²) < 4.78 is 19.9. The third-order valence-electron chi connectivity index (χ3n) is 5.78. The quantitative estimate of drug-likeness (QED) is 0.537. The highest BCUT2D eigenvalue weighted by Gasteiger charge is 2.24. The predicted molar refractivity (Wildman–Crippen MR) is 122 cm³/mol. The maximum atomic E-state index is 14.0. The lowest BCUT2D eigenvalue weighted by molar-refractivity contribution is -0.131. The molecule has 166 valence electrons. The fraction of sp³-hybridized carbons (Fsp3) is 0.308. The Labute approximate surface area is 187 Å². The van der Waals surface area contributed by atoms with E-state index < -0.39 is 5.82 Å². The number of fused-ring (bicyclic) bond motifs is 1. The Hall–Kier alpha value is -3.41. The van der Waals surface area contributed by atoms with Crippen LogP contribution in [0, 0.1) is 5.82 Å². The SMILES string of the molecule is O=C(CCCOc1cccc2ccccc12)N1CCCN(C(=O)c2ccccc2F)CC1. The first kappa shape index (κ1) is 21.8. The molecule has 1 heterocycles. The van der Waals surface area contributed by atoms with E-state index in [2.05, 4.69) is 0 Å². The first-order valence-electron chi connectivity index (χ1n) is 11.1. The van der Waals surface area contributed by atoms with E-state index in [0.717, 1.165) is 16.5 Å². The summed E-state index contributed by atoms with van der Waals surface area (Å²) in [6.07, 6.45) is 1.70. The first-order chi connectivity index (χ1) is 15.6. The van der Waals surface area contributed by atoms with Crippen LogP contribution in [0.5, 0.6) is 5.75 Å². The van der Waals surface area contributed by atoms with Crippen molar-refractivity contribution in [3.05, 3.63) is 78.1 Å². The second kappa shape index (κ2) is 10.3. The van der Waals surface area contributed by atoms with Crippen molar-refractivity contribution in [1.82, 2.24) is 9.80 Å². The van der Waals surface area contributed by atoms with Crippen LogP contribution in [-0.4, -0.2) is 54.4 Å². The average molecular weight is 435 g/mol. The fourth-order valence-electron chi connectivity index (χ4n) is 4.06. The molecule has 1 aliphatic rings. The summed E-state index contributed by atoms with van der Waals surface area (Å²) >= 11 is 0. The van der Waals surface area contributed by atoms with Gasteiger partial charge in [-0.25, -0.2) is 4.39 Å². The molecule has 5 nitrogen and oxygen atoms in total. The normalized spacial score (nSPS) is 14.3. The number of nitrogens with zero attached hydrogens (tertiary/aromatic N) is 2. The number of rotatable bonds is 6. The second-order valence-corrected chi connectivity index (χ2v) is 7.94. The Kier molecular flexibility index (Phi) is 7.00. The molecule has 0 aromatic heterocycles. The first-order valence-corrected chi connectivity index (χ1v) is 11.1. The molecule has 3 aromatic rings. The van der Waals surface area contributed by atoms with Crippen LogP contribution in [0.25, 0.3) is 10.8 Å². The van der Waals surface area contributed by atoms with Crippen molar-refractivity contribution in [3.63, 3.8) is 0 Å². The molecule has 32 heavy (non-hydrogen) atoms. The molecule has 0 aliphatic carbocycles. The van der Waals surface area contributed by atoms with Gasteiger partial charge >= 0.3 is 0 Å². The highest BCUT2D eigenvalue weighted by atomic mass is 19.1. The number of carbonyl (C=O) groups is 2. The lowest BCUT2D eigenvalue weighted by Crippen LogP contribution is -2.37. The molecule has 0 radical (unpaired) electrons. The molecule has 0 N–H and O–H groups in total. The molecule has 3 aromatic carbocycles. The summed E-state index contributed by atoms with van der Waals surface area (Å²) in [6.45, 7) is 2.45. The Morgan fingerprint density at radius 2 is 1.56 bits per heavy atom. The molecule has 0 saturated carbocycles. The van der Waals surface area contributed by atoms with Crippen LogP contribution in [-0.2, 0) is 4.79 Å². The van der Waals surface area contributed by atoms with Gasteiger partial charge in [0.15, 0.2) is 0 Å². The van der Waals surface area contributed by atoms with Crippen LogP contribution >= 0.6 is 0 Å². The fourth-order valence-corrected chi connectivity index (χ4v) is 4.06. The van der Waals surface area contributed by atoms with Crippen molar-refractivity contribution >= 4 is 22.6 Å². The van der Waals surface area contributed by atoms with Crippen LogP contribution in [0.1, 0.15) is 29.6 Å². The van der Waals surface area contributed by atoms with Crippen LogP contribution < -0.4 is 4.74 Å². The van der Waals surface area contributed by atoms with Crippen molar-refractivity contribution in [3.8, 4) is 5.75 Å². The van der Waals surface area contributed by atoms with Gasteiger partial charge in [-0.05, 0) is 36.4 Å². The molecule has 1 saturated heterocycles. The Morgan fingerprint density at radius 3 is 2.44 bits per heavy atom. The highest BCUT2D eigenvalue weighted by Crippen LogP contribution is 2.25. The van der Waals surface area contributed by atoms with Gasteiger partial charge in [-0.1, -0.05) is 48.5 Å². The third-order valence-corrected chi connectivity index (χ3v) is 5.78. The van der Waals surface area contributed by atoms with E-state index in [4.69, 9.17) is 4.74 Å². The van der Waals surface area contributed by atoms with Crippen molar-refractivity contribution in [2.24, 2.45) is 0 Å². The largest absolute Gasteiger partial charge is 0.493 e. The zero-order chi connectivity index (χ0) is 22.3. The number of carbonyl (C=O) groups excluding carboxylic acids is 2. The topological polar surface area (TPSA) is 49.9 Å². The van der Waals surface area contributed by atoms with Crippen molar-refractivity contribution in [1.29, 1.82) is 0 Å². The molecule has 1 aliphatic heterocycles. The van der Waals surface area contributed by atoms with E-state index in [-0.39, 0.29) is 17.4 Å². The molecular formula is C26H27FN2O3. The number of ether oxygens (including phenoxy) is 1. The van der Waals surface area contributed by atoms with Crippen molar-refractivity contribution < 1.29 is 18.7 Å². The van der Waals surface area contributed by atoms with Gasteiger partial charge in [-0.3, -0.25) is 9.59 Å². The average Bonchev–Trinajstić information content (AvgIpc) is 3.08. The molecule has 0 atom stereocenters. The van der Waals surface area contributed by atoms with Gasteiger partial charge in [0, 0.05) is 38.0 Å². The molecule has 4 rings (SSSR count). The van der Waals surface area contributed by atoms with E-state index >= 15 is 0 Å². The van der Waals surface area contributed by atoms with E-state index in [9.17, 15) is 14.0 Å².